The molecule has 8 aliphatic heterocycles. The van der Waals surface area contributed by atoms with Crippen molar-refractivity contribution in [1.29, 1.82) is 0 Å². The van der Waals surface area contributed by atoms with E-state index in [0.717, 1.165) is 0 Å². The average Bonchev–Trinajstić information content (AvgIpc) is 1.63. The van der Waals surface area contributed by atoms with Crippen LogP contribution in [0.5, 0.6) is 0 Å². The topological polar surface area (TPSA) is 389 Å². The fourth-order valence-corrected chi connectivity index (χ4v) is 12.5. The number of cyclic esters (lactones) is 3. The molecule has 0 bridgehead atoms. The normalized spacial score (nSPS) is 18.2. The van der Waals surface area contributed by atoms with Crippen molar-refractivity contribution in [2.45, 2.75) is 109 Å². The van der Waals surface area contributed by atoms with E-state index in [0.29, 0.717) is 67.6 Å². The van der Waals surface area contributed by atoms with E-state index in [4.69, 9.17) is 35.2 Å². The summed E-state index contributed by atoms with van der Waals surface area (Å²) in [7, 11) is 8.89. The highest BCUT2D eigenvalue weighted by Gasteiger charge is 2.40. The summed E-state index contributed by atoms with van der Waals surface area (Å²) in [4.78, 5) is 139. The molecule has 3 fully saturated rings. The number of ether oxygens (including phenoxy) is 6. The number of nitrogens with two attached hydrogens (primary N) is 2. The van der Waals surface area contributed by atoms with Crippen LogP contribution in [0.3, 0.4) is 0 Å². The van der Waals surface area contributed by atoms with Gasteiger partial charge in [0.15, 0.2) is 0 Å². The maximum atomic E-state index is 14.4. The molecule has 5 aromatic rings. The van der Waals surface area contributed by atoms with Crippen molar-refractivity contribution < 1.29 is 108 Å². The lowest BCUT2D eigenvalue weighted by molar-refractivity contribution is -0.117. The second-order valence-corrected chi connectivity index (χ2v) is 28.2. The Morgan fingerprint density at radius 1 is 0.468 bits per heavy atom. The molecule has 4 atom stereocenters. The summed E-state index contributed by atoms with van der Waals surface area (Å²) in [6.45, 7) is 11.6. The van der Waals surface area contributed by atoms with Crippen LogP contribution in [0.1, 0.15) is 69.4 Å². The van der Waals surface area contributed by atoms with Crippen LogP contribution in [0.2, 0.25) is 0 Å². The zero-order valence-electron chi connectivity index (χ0n) is 61.8. The van der Waals surface area contributed by atoms with Crippen molar-refractivity contribution in [2.75, 3.05) is 145 Å². The van der Waals surface area contributed by atoms with Crippen LogP contribution in [0.15, 0.2) is 60.7 Å². The van der Waals surface area contributed by atoms with Crippen LogP contribution in [-0.4, -0.2) is 202 Å². The number of hydrogen-bond donors (Lipinski definition) is 7. The maximum absolute atomic E-state index is 14.4. The Bertz CT molecular complexity index is 4460. The molecule has 0 radical (unpaired) electrons. The molecule has 8 aliphatic rings. The fourth-order valence-electron chi connectivity index (χ4n) is 12.5. The third-order valence-electron chi connectivity index (χ3n) is 17.7. The van der Waals surface area contributed by atoms with Gasteiger partial charge in [-0.1, -0.05) is 0 Å². The Morgan fingerprint density at radius 3 is 1.13 bits per heavy atom. The summed E-state index contributed by atoms with van der Waals surface area (Å²) >= 11 is 0. The first-order valence-corrected chi connectivity index (χ1v) is 34.1. The van der Waals surface area contributed by atoms with Crippen molar-refractivity contribution >= 4 is 123 Å². The molecule has 9 N–H and O–H groups in total. The minimum absolute atomic E-state index is 0.00341. The number of hydrogen-bond acceptors (Lipinski definition) is 21. The zero-order valence-corrected chi connectivity index (χ0v) is 61.8. The number of fused-ring (bicyclic) bond motifs is 5. The summed E-state index contributed by atoms with van der Waals surface area (Å²) in [5.41, 5.74) is 15.9. The van der Waals surface area contributed by atoms with Crippen molar-refractivity contribution in [3.8, 4) is 0 Å². The van der Waals surface area contributed by atoms with Crippen LogP contribution in [0.25, 0.3) is 0 Å². The van der Waals surface area contributed by atoms with Crippen LogP contribution >= 0.6 is 0 Å². The summed E-state index contributed by atoms with van der Waals surface area (Å²) in [6, 6.07) is 14.4. The molecule has 11 amide bonds. The van der Waals surface area contributed by atoms with Crippen molar-refractivity contribution in [3.63, 3.8) is 0 Å². The Morgan fingerprint density at radius 2 is 0.780 bits per heavy atom. The monoisotopic (exact) mass is 1530 g/mol. The SMILES string of the molecule is CN1C(=O)Cc2cc(N)cc(F)c21.CN1C(=O)Cc2cc(N3C[C@H](CN)OC3=O)cc(F)c21.CN1C(=O)Cc2cc(N3C[C@H](CNC(=O)OC(C)(C)C)OC3=O)cc(F)c21.CN1C(=O)Cc2cc(NC[C@@H](O)CNC(=O)OC(C)(C)C)cc(F)c21.COC(=O)NC[C@H]1CN(c2cc(F)c3c(c2)CC(=O)N3C)C(=O)O1. The smallest absolute Gasteiger partial charge is 0.414 e. The zero-order chi connectivity index (χ0) is 80.2. The van der Waals surface area contributed by atoms with Gasteiger partial charge in [-0.2, -0.15) is 0 Å². The molecule has 0 saturated carbocycles. The fraction of sp³-hybridized carbons (Fsp3) is 0.431. The molecule has 3 saturated heterocycles. The van der Waals surface area contributed by atoms with Gasteiger partial charge in [0.25, 0.3) is 0 Å². The van der Waals surface area contributed by atoms with Gasteiger partial charge in [0, 0.05) is 66.2 Å². The van der Waals surface area contributed by atoms with Gasteiger partial charge < -0.3 is 90.8 Å². The number of carbonyl (C=O) groups is 11. The molecule has 0 unspecified atom stereocenters. The molecular weight excluding hydrogens is 1440 g/mol. The molecule has 586 valence electrons. The second kappa shape index (κ2) is 33.2. The number of alkyl carbamates (subject to hydrolysis) is 3. The van der Waals surface area contributed by atoms with Crippen LogP contribution in [0.4, 0.5) is 108 Å². The summed E-state index contributed by atoms with van der Waals surface area (Å²) in [5, 5.41) is 20.3. The second-order valence-electron chi connectivity index (χ2n) is 28.2. The Balaban J connectivity index is 0.000000159. The number of likely N-dealkylation sites (N-methyl/N-ethyl adjacent to an activating group) is 5. The predicted octanol–water partition coefficient (Wildman–Crippen LogP) is 6.42. The number of aliphatic hydroxyl groups excluding tert-OH is 1. The highest BCUT2D eigenvalue weighted by molar-refractivity contribution is 6.05. The number of methoxy groups -OCH3 is 1. The first-order valence-electron chi connectivity index (χ1n) is 34.1. The number of benzene rings is 5. The van der Waals surface area contributed by atoms with Crippen LogP contribution in [-0.2, 0) is 84.5 Å². The average molecular weight is 1530 g/mol. The molecular formula is C72H85F5N14O18. The third kappa shape index (κ3) is 19.3. The molecule has 8 heterocycles. The molecule has 0 spiro atoms. The van der Waals surface area contributed by atoms with E-state index in [1.54, 1.807) is 78.9 Å². The van der Waals surface area contributed by atoms with Crippen molar-refractivity contribution in [1.82, 2.24) is 16.0 Å². The number of halogens is 5. The quantitative estimate of drug-likeness (QED) is 0.0380. The van der Waals surface area contributed by atoms with Crippen LogP contribution in [0, 0.1) is 29.1 Å². The number of anilines is 10. The van der Waals surface area contributed by atoms with Gasteiger partial charge in [0.1, 0.15) is 58.6 Å². The number of amides is 11. The van der Waals surface area contributed by atoms with Crippen molar-refractivity contribution in [3.05, 3.63) is 118 Å². The van der Waals surface area contributed by atoms with Crippen LogP contribution < -0.4 is 71.9 Å². The number of carbonyl (C=O) groups excluding carboxylic acids is 11. The van der Waals surface area contributed by atoms with Gasteiger partial charge in [0.05, 0.1) is 124 Å². The Hall–Kier alpha value is -11.8. The standard InChI is InChI=1S/C18H22FN3O5.C17H24FN3O4.C15H16FN3O5.C13H14FN3O3.C9H9FN2O/c1-18(2,3)27-16(24)20-8-12-9-22(17(25)26-12)11-5-10-6-14(23)21(4)15(10)13(19)7-11;1-17(2,3)25-16(24)20-9-12(22)8-19-11-5-10-6-14(23)21(4)15(10)13(18)7-11;1-18-12(20)4-8-3-9(5-11(16)13(8)18)19-7-10(24-15(19)22)6-17-14(21)23-2;1-16-11(18)3-7-2-8(4-10(14)12(7)16)17-6-9(5-15)20-13(17)19;1-12-8(13)3-5-2-6(11)4-7(10)9(5)12/h5,7,12H,6,8-9H2,1-4H3,(H,20,24);5,7,12,19,22H,6,8-9H2,1-4H3,(H,20,24);3,5,10H,4,6-7H2,1-2H3,(H,17,21);2,4,9H,3,5-6,15H2,1H3;2,4H,3,11H2,1H3/t2*12-;10-;9-;/m0100./s1. The molecule has 0 aromatic heterocycles. The Kier molecular flexibility index (Phi) is 24.7. The minimum atomic E-state index is -0.881. The van der Waals surface area contributed by atoms with Gasteiger partial charge in [0.2, 0.25) is 29.5 Å². The number of nitrogens with zero attached hydrogens (tertiary/aromatic N) is 8. The number of nitrogen functional groups attached to an aromatic ring is 1. The van der Waals surface area contributed by atoms with E-state index < -0.39 is 95.2 Å². The lowest BCUT2D eigenvalue weighted by Crippen LogP contribution is -2.39. The highest BCUT2D eigenvalue weighted by Crippen LogP contribution is 2.40. The highest BCUT2D eigenvalue weighted by atomic mass is 19.1. The first-order chi connectivity index (χ1) is 51.1. The van der Waals surface area contributed by atoms with Gasteiger partial charge in [-0.05, 0) is 130 Å². The lowest BCUT2D eigenvalue weighted by Gasteiger charge is -2.21. The first kappa shape index (κ1) is 81.3. The molecule has 13 rings (SSSR count). The predicted molar refractivity (Wildman–Crippen MR) is 387 cm³/mol. The Labute approximate surface area is 622 Å². The molecule has 5 aromatic carbocycles. The number of rotatable bonds is 13. The van der Waals surface area contributed by atoms with Crippen molar-refractivity contribution in [2.24, 2.45) is 5.73 Å². The minimum Gasteiger partial charge on any atom is -0.453 e. The number of aliphatic hydroxyl groups is 1. The molecule has 32 nitrogen and oxygen atoms in total. The van der Waals surface area contributed by atoms with Gasteiger partial charge in [-0.25, -0.2) is 50.7 Å². The van der Waals surface area contributed by atoms with E-state index in [-0.39, 0.29) is 137 Å². The third-order valence-corrected chi connectivity index (χ3v) is 17.7. The van der Waals surface area contributed by atoms with E-state index in [1.807, 2.05) is 0 Å². The largest absolute Gasteiger partial charge is 0.453 e. The summed E-state index contributed by atoms with van der Waals surface area (Å²) in [5.74, 6) is -3.41. The lowest BCUT2D eigenvalue weighted by atomic mass is 10.1. The van der Waals surface area contributed by atoms with Gasteiger partial charge in [-0.15, -0.1) is 0 Å². The van der Waals surface area contributed by atoms with E-state index in [9.17, 15) is 79.8 Å². The van der Waals surface area contributed by atoms with Gasteiger partial charge in [-0.3, -0.25) is 38.7 Å². The molecule has 109 heavy (non-hydrogen) atoms. The van der Waals surface area contributed by atoms with E-state index in [2.05, 4.69) is 26.0 Å². The maximum Gasteiger partial charge on any atom is 0.414 e. The van der Waals surface area contributed by atoms with E-state index >= 15 is 0 Å². The van der Waals surface area contributed by atoms with E-state index in [1.165, 1.54) is 105 Å². The molecule has 0 aliphatic carbocycles. The summed E-state index contributed by atoms with van der Waals surface area (Å²) in [6.07, 6.45) is -5.39. The summed E-state index contributed by atoms with van der Waals surface area (Å²) < 4.78 is 100. The number of nitrogens with one attached hydrogen (secondary N) is 4. The van der Waals surface area contributed by atoms with Gasteiger partial charge >= 0.3 is 36.6 Å². The molecule has 37 heteroatoms.